The molecule has 0 aliphatic carbocycles. The van der Waals surface area contributed by atoms with Gasteiger partial charge in [0, 0.05) is 13.6 Å². The van der Waals surface area contributed by atoms with Crippen LogP contribution >= 0.6 is 0 Å². The van der Waals surface area contributed by atoms with E-state index in [0.717, 1.165) is 0 Å². The van der Waals surface area contributed by atoms with Gasteiger partial charge in [0.25, 0.3) is 0 Å². The van der Waals surface area contributed by atoms with Crippen LogP contribution in [0.3, 0.4) is 0 Å². The molecule has 6 heteroatoms. The molecule has 0 bridgehead atoms. The minimum atomic E-state index is -0.866. The van der Waals surface area contributed by atoms with E-state index >= 15 is 0 Å². The van der Waals surface area contributed by atoms with Crippen molar-refractivity contribution in [3.63, 3.8) is 0 Å². The zero-order valence-corrected chi connectivity index (χ0v) is 7.69. The van der Waals surface area contributed by atoms with Gasteiger partial charge in [-0.1, -0.05) is 0 Å². The maximum absolute atomic E-state index is 11.0. The van der Waals surface area contributed by atoms with Crippen molar-refractivity contribution in [1.29, 1.82) is 0 Å². The highest BCUT2D eigenvalue weighted by Gasteiger charge is 2.11. The number of nitrogens with zero attached hydrogens (tertiary/aromatic N) is 1. The molecule has 76 valence electrons. The van der Waals surface area contributed by atoms with E-state index < -0.39 is 18.7 Å². The first kappa shape index (κ1) is 11.9. The number of aliphatic hydroxyl groups is 1. The second-order valence-corrected chi connectivity index (χ2v) is 2.43. The predicted molar refractivity (Wildman–Crippen MR) is 44.9 cm³/mol. The number of carbonyl (C=O) groups excluding carboxylic acids is 2. The molecule has 0 saturated heterocycles. The number of hydrogen-bond donors (Lipinski definition) is 2. The highest BCUT2D eigenvalue weighted by atomic mass is 16.7. The van der Waals surface area contributed by atoms with Gasteiger partial charge < -0.3 is 19.6 Å². The van der Waals surface area contributed by atoms with Crippen LogP contribution in [0.2, 0.25) is 0 Å². The molecule has 0 fully saturated rings. The summed E-state index contributed by atoms with van der Waals surface area (Å²) in [6, 6.07) is -0.866. The Balaban J connectivity index is 3.74. The maximum Gasteiger partial charge on any atom is 0.428 e. The Labute approximate surface area is 76.4 Å². The van der Waals surface area contributed by atoms with Crippen molar-refractivity contribution in [2.45, 2.75) is 13.0 Å². The van der Waals surface area contributed by atoms with Crippen molar-refractivity contribution < 1.29 is 19.5 Å². The third kappa shape index (κ3) is 4.44. The summed E-state index contributed by atoms with van der Waals surface area (Å²) in [5, 5.41) is 8.54. The first-order chi connectivity index (χ1) is 6.15. The number of hydroxylamine groups is 1. The molecule has 0 rings (SSSR count). The average Bonchev–Trinajstić information content (AvgIpc) is 2.17. The van der Waals surface area contributed by atoms with Crippen molar-refractivity contribution in [3.8, 4) is 0 Å². The fourth-order valence-electron chi connectivity index (χ4n) is 0.441. The number of amides is 1. The van der Waals surface area contributed by atoms with E-state index in [1.165, 1.54) is 4.90 Å². The summed E-state index contributed by atoms with van der Waals surface area (Å²) in [7, 11) is 1.55. The fourth-order valence-corrected chi connectivity index (χ4v) is 0.441. The highest BCUT2D eigenvalue weighted by molar-refractivity contribution is 5.67. The molecule has 0 radical (unpaired) electrons. The smallest absolute Gasteiger partial charge is 0.394 e. The van der Waals surface area contributed by atoms with Crippen LogP contribution in [0.15, 0.2) is 0 Å². The Morgan fingerprint density at radius 3 is 2.77 bits per heavy atom. The molecular formula is C7H14N2O4. The molecule has 6 nitrogen and oxygen atoms in total. The molecule has 0 aliphatic rings. The third-order valence-corrected chi connectivity index (χ3v) is 1.44. The lowest BCUT2D eigenvalue weighted by Crippen LogP contribution is -2.39. The minimum Gasteiger partial charge on any atom is -0.394 e. The van der Waals surface area contributed by atoms with E-state index in [1.54, 1.807) is 14.0 Å². The van der Waals surface area contributed by atoms with Crippen LogP contribution in [-0.4, -0.2) is 48.6 Å². The van der Waals surface area contributed by atoms with E-state index in [1.807, 2.05) is 0 Å². The summed E-state index contributed by atoms with van der Waals surface area (Å²) in [6.07, 6.45) is -0.137. The topological polar surface area (TPSA) is 78.9 Å². The molecular weight excluding hydrogens is 176 g/mol. The van der Waals surface area contributed by atoms with Crippen LogP contribution in [0.5, 0.6) is 0 Å². The molecule has 0 spiro atoms. The lowest BCUT2D eigenvalue weighted by atomic mass is 10.4. The first-order valence-electron chi connectivity index (χ1n) is 3.89. The van der Waals surface area contributed by atoms with Gasteiger partial charge in [0.2, 0.25) is 0 Å². The minimum absolute atomic E-state index is 0.410. The molecule has 0 heterocycles. The van der Waals surface area contributed by atoms with Crippen LogP contribution in [0.4, 0.5) is 4.79 Å². The van der Waals surface area contributed by atoms with Crippen LogP contribution < -0.4 is 5.48 Å². The summed E-state index contributed by atoms with van der Waals surface area (Å²) in [4.78, 5) is 26.9. The van der Waals surface area contributed by atoms with Crippen LogP contribution in [-0.2, 0) is 9.63 Å². The van der Waals surface area contributed by atoms with Crippen LogP contribution in [0, 0.1) is 0 Å². The fraction of sp³-hybridized carbons (Fsp3) is 0.714. The summed E-state index contributed by atoms with van der Waals surface area (Å²) >= 11 is 0. The summed E-state index contributed by atoms with van der Waals surface area (Å²) < 4.78 is 0. The average molecular weight is 190 g/mol. The SMILES string of the molecule is CCN(C)C(=O)ON[C@H](C=O)CO. The summed E-state index contributed by atoms with van der Waals surface area (Å²) in [6.45, 7) is 1.88. The summed E-state index contributed by atoms with van der Waals surface area (Å²) in [5.41, 5.74) is 2.12. The maximum atomic E-state index is 11.0. The van der Waals surface area contributed by atoms with Gasteiger partial charge in [0.05, 0.1) is 6.61 Å². The Morgan fingerprint density at radius 2 is 2.38 bits per heavy atom. The van der Waals surface area contributed by atoms with Gasteiger partial charge in [-0.25, -0.2) is 4.79 Å². The Bertz CT molecular complexity index is 174. The molecule has 0 aromatic heterocycles. The quantitative estimate of drug-likeness (QED) is 0.435. The predicted octanol–water partition coefficient (Wildman–Crippen LogP) is -0.861. The zero-order chi connectivity index (χ0) is 10.3. The molecule has 0 aliphatic heterocycles. The van der Waals surface area contributed by atoms with Gasteiger partial charge in [-0.05, 0) is 6.92 Å². The molecule has 1 atom stereocenters. The van der Waals surface area contributed by atoms with E-state index in [2.05, 4.69) is 10.3 Å². The summed E-state index contributed by atoms with van der Waals surface area (Å²) in [5.74, 6) is 0. The normalized spacial score (nSPS) is 11.9. The number of hydrogen-bond acceptors (Lipinski definition) is 5. The van der Waals surface area contributed by atoms with Gasteiger partial charge in [0.1, 0.15) is 12.3 Å². The molecule has 13 heavy (non-hydrogen) atoms. The van der Waals surface area contributed by atoms with E-state index in [9.17, 15) is 9.59 Å². The van der Waals surface area contributed by atoms with Gasteiger partial charge in [-0.2, -0.15) is 0 Å². The molecule has 0 saturated carbocycles. The second-order valence-electron chi connectivity index (χ2n) is 2.43. The van der Waals surface area contributed by atoms with E-state index in [0.29, 0.717) is 12.8 Å². The lowest BCUT2D eigenvalue weighted by molar-refractivity contribution is -0.113. The number of aliphatic hydroxyl groups excluding tert-OH is 1. The largest absolute Gasteiger partial charge is 0.428 e. The zero-order valence-electron chi connectivity index (χ0n) is 7.69. The van der Waals surface area contributed by atoms with Crippen LogP contribution in [0.1, 0.15) is 6.92 Å². The Morgan fingerprint density at radius 1 is 1.77 bits per heavy atom. The Kier molecular flexibility index (Phi) is 5.82. The molecule has 0 aromatic rings. The lowest BCUT2D eigenvalue weighted by Gasteiger charge is -2.15. The van der Waals surface area contributed by atoms with Gasteiger partial charge >= 0.3 is 6.09 Å². The number of aldehydes is 1. The first-order valence-corrected chi connectivity index (χ1v) is 3.89. The van der Waals surface area contributed by atoms with Crippen molar-refractivity contribution >= 4 is 12.4 Å². The molecule has 1 amide bonds. The van der Waals surface area contributed by atoms with Gasteiger partial charge in [-0.3, -0.25) is 0 Å². The van der Waals surface area contributed by atoms with Crippen molar-refractivity contribution in [2.75, 3.05) is 20.2 Å². The molecule has 2 N–H and O–H groups in total. The van der Waals surface area contributed by atoms with Crippen LogP contribution in [0.25, 0.3) is 0 Å². The second kappa shape index (κ2) is 6.38. The van der Waals surface area contributed by atoms with Crippen molar-refractivity contribution in [3.05, 3.63) is 0 Å². The van der Waals surface area contributed by atoms with Gasteiger partial charge in [-0.15, -0.1) is 5.48 Å². The molecule has 0 unspecified atom stereocenters. The monoisotopic (exact) mass is 190 g/mol. The third-order valence-electron chi connectivity index (χ3n) is 1.44. The number of carbonyl (C=O) groups is 2. The van der Waals surface area contributed by atoms with E-state index in [-0.39, 0.29) is 0 Å². The number of nitrogens with one attached hydrogen (secondary N) is 1. The molecule has 0 aromatic carbocycles. The van der Waals surface area contributed by atoms with Crippen molar-refractivity contribution in [2.24, 2.45) is 0 Å². The van der Waals surface area contributed by atoms with Gasteiger partial charge in [0.15, 0.2) is 0 Å². The number of rotatable bonds is 5. The van der Waals surface area contributed by atoms with Crippen molar-refractivity contribution in [1.82, 2.24) is 10.4 Å². The van der Waals surface area contributed by atoms with E-state index in [4.69, 9.17) is 5.11 Å². The Hall–Kier alpha value is -1.14. The highest BCUT2D eigenvalue weighted by Crippen LogP contribution is 1.87. The standard InChI is InChI=1S/C7H14N2O4/c1-3-9(2)7(12)13-8-6(4-10)5-11/h4,6,8,11H,3,5H2,1-2H3/t6-/m1/s1.